The summed E-state index contributed by atoms with van der Waals surface area (Å²) in [6.45, 7) is 7.40. The highest BCUT2D eigenvalue weighted by atomic mass is 16.2. The number of hydrogen-bond donors (Lipinski definition) is 0. The summed E-state index contributed by atoms with van der Waals surface area (Å²) in [6.07, 6.45) is 12.1. The minimum atomic E-state index is 0.102. The van der Waals surface area contributed by atoms with Gasteiger partial charge in [0.1, 0.15) is 0 Å². The van der Waals surface area contributed by atoms with Crippen molar-refractivity contribution in [3.63, 3.8) is 0 Å². The number of piperidine rings is 1. The van der Waals surface area contributed by atoms with Crippen LogP contribution in [0.5, 0.6) is 0 Å². The number of benzene rings is 1. The van der Waals surface area contributed by atoms with Crippen LogP contribution in [0.2, 0.25) is 0 Å². The molecular weight excluding hydrogens is 358 g/mol. The number of carbonyl (C=O) groups is 1. The number of rotatable bonds is 6. The third-order valence-electron chi connectivity index (χ3n) is 7.65. The minimum Gasteiger partial charge on any atom is -0.322 e. The molecule has 1 aromatic rings. The van der Waals surface area contributed by atoms with Gasteiger partial charge < -0.3 is 9.80 Å². The number of urea groups is 1. The molecule has 0 aromatic heterocycles. The van der Waals surface area contributed by atoms with Crippen LogP contribution in [0.25, 0.3) is 0 Å². The summed E-state index contributed by atoms with van der Waals surface area (Å²) >= 11 is 0. The van der Waals surface area contributed by atoms with Gasteiger partial charge in [-0.3, -0.25) is 4.90 Å². The Kier molecular flexibility index (Phi) is 6.79. The number of unbranched alkanes of at least 4 members (excludes halogenated alkanes) is 1. The Bertz CT molecular complexity index is 647. The monoisotopic (exact) mass is 397 g/mol. The zero-order valence-corrected chi connectivity index (χ0v) is 18.3. The first-order valence-corrected chi connectivity index (χ1v) is 12.1. The standard InChI is InChI=1S/C25H39N3O/c1-2-3-17-28-24(29)27(23-12-8-5-9-13-23)20-16-25(28)14-18-26(19-15-25)21-22-10-6-4-7-11-22/h4,6-7,10-11,23H,2-3,5,8-9,12-21H2,1H3. The predicted octanol–water partition coefficient (Wildman–Crippen LogP) is 5.28. The van der Waals surface area contributed by atoms with E-state index in [1.54, 1.807) is 0 Å². The van der Waals surface area contributed by atoms with Crippen LogP contribution in [0.3, 0.4) is 0 Å². The van der Waals surface area contributed by atoms with Gasteiger partial charge in [-0.1, -0.05) is 62.9 Å². The van der Waals surface area contributed by atoms with Crippen molar-refractivity contribution in [2.75, 3.05) is 26.2 Å². The van der Waals surface area contributed by atoms with Crippen molar-refractivity contribution < 1.29 is 4.79 Å². The Hall–Kier alpha value is -1.55. The summed E-state index contributed by atoms with van der Waals surface area (Å²) in [4.78, 5) is 20.8. The highest BCUT2D eigenvalue weighted by molar-refractivity contribution is 5.77. The topological polar surface area (TPSA) is 26.8 Å². The van der Waals surface area contributed by atoms with E-state index in [4.69, 9.17) is 0 Å². The highest BCUT2D eigenvalue weighted by Crippen LogP contribution is 2.39. The van der Waals surface area contributed by atoms with Crippen LogP contribution in [-0.2, 0) is 6.54 Å². The first kappa shape index (κ1) is 20.7. The zero-order chi connectivity index (χ0) is 20.1. The maximum absolute atomic E-state index is 13.6. The normalized spacial score (nSPS) is 23.7. The van der Waals surface area contributed by atoms with Crippen LogP contribution in [0.15, 0.2) is 30.3 Å². The van der Waals surface area contributed by atoms with Gasteiger partial charge in [-0.2, -0.15) is 0 Å². The van der Waals surface area contributed by atoms with Crippen molar-refractivity contribution in [2.24, 2.45) is 0 Å². The summed E-state index contributed by atoms with van der Waals surface area (Å²) in [5, 5.41) is 0. The van der Waals surface area contributed by atoms with Crippen LogP contribution in [0.1, 0.15) is 76.7 Å². The molecule has 0 radical (unpaired) electrons. The van der Waals surface area contributed by atoms with Gasteiger partial charge in [0.15, 0.2) is 0 Å². The van der Waals surface area contributed by atoms with Crippen molar-refractivity contribution in [2.45, 2.75) is 89.3 Å². The lowest BCUT2D eigenvalue weighted by Crippen LogP contribution is -2.66. The van der Waals surface area contributed by atoms with Crippen molar-refractivity contribution in [3.8, 4) is 0 Å². The van der Waals surface area contributed by atoms with Gasteiger partial charge >= 0.3 is 6.03 Å². The molecule has 2 aliphatic heterocycles. The van der Waals surface area contributed by atoms with E-state index < -0.39 is 0 Å². The number of hydrogen-bond acceptors (Lipinski definition) is 2. The van der Waals surface area contributed by atoms with Crippen LogP contribution in [-0.4, -0.2) is 58.5 Å². The molecule has 3 fully saturated rings. The average molecular weight is 398 g/mol. The second kappa shape index (κ2) is 9.51. The zero-order valence-electron chi connectivity index (χ0n) is 18.3. The summed E-state index contributed by atoms with van der Waals surface area (Å²) in [5.41, 5.74) is 1.50. The van der Waals surface area contributed by atoms with E-state index in [0.717, 1.165) is 64.8 Å². The molecule has 0 N–H and O–H groups in total. The molecule has 3 aliphatic rings. The summed E-state index contributed by atoms with van der Waals surface area (Å²) < 4.78 is 0. The summed E-state index contributed by atoms with van der Waals surface area (Å²) in [7, 11) is 0. The first-order valence-electron chi connectivity index (χ1n) is 12.1. The lowest BCUT2D eigenvalue weighted by molar-refractivity contribution is -0.0163. The maximum atomic E-state index is 13.6. The SMILES string of the molecule is CCCCN1C(=O)N(C2CCCCC2)CCC12CCN(Cc1ccccc1)CC2. The molecule has 2 heterocycles. The first-order chi connectivity index (χ1) is 14.2. The quantitative estimate of drug-likeness (QED) is 0.653. The van der Waals surface area contributed by atoms with Gasteiger partial charge in [0.2, 0.25) is 0 Å². The molecule has 29 heavy (non-hydrogen) atoms. The number of likely N-dealkylation sites (tertiary alicyclic amines) is 1. The molecule has 1 spiro atoms. The Morgan fingerprint density at radius 3 is 2.34 bits per heavy atom. The van der Waals surface area contributed by atoms with E-state index in [1.807, 2.05) is 0 Å². The number of nitrogens with zero attached hydrogens (tertiary/aromatic N) is 3. The molecule has 1 aliphatic carbocycles. The van der Waals surface area contributed by atoms with Crippen molar-refractivity contribution >= 4 is 6.03 Å². The molecule has 1 saturated carbocycles. The Labute approximate surface area is 177 Å². The highest BCUT2D eigenvalue weighted by Gasteiger charge is 2.47. The van der Waals surface area contributed by atoms with Crippen molar-refractivity contribution in [1.29, 1.82) is 0 Å². The van der Waals surface area contributed by atoms with E-state index in [1.165, 1.54) is 37.7 Å². The van der Waals surface area contributed by atoms with Crippen molar-refractivity contribution in [3.05, 3.63) is 35.9 Å². The molecule has 0 unspecified atom stereocenters. The van der Waals surface area contributed by atoms with E-state index in [0.29, 0.717) is 12.1 Å². The molecule has 0 bridgehead atoms. The molecule has 2 saturated heterocycles. The largest absolute Gasteiger partial charge is 0.322 e. The number of amides is 2. The van der Waals surface area contributed by atoms with Crippen LogP contribution >= 0.6 is 0 Å². The maximum Gasteiger partial charge on any atom is 0.320 e. The fraction of sp³-hybridized carbons (Fsp3) is 0.720. The van der Waals surface area contributed by atoms with Crippen molar-refractivity contribution in [1.82, 2.24) is 14.7 Å². The van der Waals surface area contributed by atoms with E-state index in [9.17, 15) is 4.79 Å². The molecule has 0 atom stereocenters. The molecule has 4 heteroatoms. The van der Waals surface area contributed by atoms with E-state index in [2.05, 4.69) is 52.0 Å². The molecule has 1 aromatic carbocycles. The lowest BCUT2D eigenvalue weighted by atomic mass is 9.80. The molecule has 4 nitrogen and oxygen atoms in total. The number of carbonyl (C=O) groups excluding carboxylic acids is 1. The molecule has 2 amide bonds. The van der Waals surface area contributed by atoms with Crippen LogP contribution in [0, 0.1) is 0 Å². The fourth-order valence-corrected chi connectivity index (χ4v) is 5.79. The Morgan fingerprint density at radius 2 is 1.66 bits per heavy atom. The van der Waals surface area contributed by atoms with Gasteiger partial charge in [0.25, 0.3) is 0 Å². The smallest absolute Gasteiger partial charge is 0.320 e. The molecule has 4 rings (SSSR count). The Morgan fingerprint density at radius 1 is 0.966 bits per heavy atom. The van der Waals surface area contributed by atoms with Gasteiger partial charge in [0, 0.05) is 44.3 Å². The van der Waals surface area contributed by atoms with Crippen LogP contribution in [0.4, 0.5) is 4.79 Å². The van der Waals surface area contributed by atoms with E-state index >= 15 is 0 Å². The average Bonchev–Trinajstić information content (AvgIpc) is 2.77. The third-order valence-corrected chi connectivity index (χ3v) is 7.65. The second-order valence-corrected chi connectivity index (χ2v) is 9.51. The van der Waals surface area contributed by atoms with Gasteiger partial charge in [-0.25, -0.2) is 4.79 Å². The second-order valence-electron chi connectivity index (χ2n) is 9.51. The molecule has 160 valence electrons. The van der Waals surface area contributed by atoms with Gasteiger partial charge in [-0.15, -0.1) is 0 Å². The van der Waals surface area contributed by atoms with Gasteiger partial charge in [0.05, 0.1) is 0 Å². The third kappa shape index (κ3) is 4.63. The summed E-state index contributed by atoms with van der Waals surface area (Å²) in [5.74, 6) is 0. The fourth-order valence-electron chi connectivity index (χ4n) is 5.79. The Balaban J connectivity index is 1.42. The van der Waals surface area contributed by atoms with Gasteiger partial charge in [-0.05, 0) is 44.1 Å². The lowest BCUT2D eigenvalue weighted by Gasteiger charge is -2.55. The molecular formula is C25H39N3O. The van der Waals surface area contributed by atoms with Crippen LogP contribution < -0.4 is 0 Å². The minimum absolute atomic E-state index is 0.102. The van der Waals surface area contributed by atoms with E-state index in [-0.39, 0.29) is 5.54 Å². The summed E-state index contributed by atoms with van der Waals surface area (Å²) in [6, 6.07) is 11.7. The predicted molar refractivity (Wildman–Crippen MR) is 119 cm³/mol.